The maximum atomic E-state index is 11.5. The molecule has 0 N–H and O–H groups in total. The Morgan fingerprint density at radius 1 is 1.12 bits per heavy atom. The zero-order chi connectivity index (χ0) is 12.0. The Morgan fingerprint density at radius 2 is 1.75 bits per heavy atom. The lowest BCUT2D eigenvalue weighted by Gasteiger charge is -2.05. The zero-order valence-electron chi connectivity index (χ0n) is 9.95. The van der Waals surface area contributed by atoms with Gasteiger partial charge in [0.05, 0.1) is 5.56 Å². The Balaban J connectivity index is 2.56. The molecule has 0 atom stereocenters. The Bertz CT molecular complexity index is 328. The molecule has 3 heteroatoms. The molecule has 1 aromatic rings. The van der Waals surface area contributed by atoms with Crippen LogP contribution in [0.25, 0.3) is 0 Å². The first kappa shape index (κ1) is 12.7. The highest BCUT2D eigenvalue weighted by Gasteiger charge is 2.09. The second-order valence-electron chi connectivity index (χ2n) is 3.81. The monoisotopic (exact) mass is 221 g/mol. The van der Waals surface area contributed by atoms with Crippen LogP contribution in [0.3, 0.4) is 0 Å². The lowest BCUT2D eigenvalue weighted by molar-refractivity contribution is -0.229. The first-order chi connectivity index (χ1) is 7.63. The van der Waals surface area contributed by atoms with Gasteiger partial charge in [-0.3, -0.25) is 4.89 Å². The summed E-state index contributed by atoms with van der Waals surface area (Å²) in [5.74, 6) is -0.468. The number of hydrogen-bond donors (Lipinski definition) is 0. The molecule has 0 saturated heterocycles. The molecule has 1 rings (SSSR count). The van der Waals surface area contributed by atoms with Gasteiger partial charge >= 0.3 is 5.97 Å². The van der Waals surface area contributed by atoms with Crippen molar-refractivity contribution in [2.24, 2.45) is 0 Å². The molecular weight excluding hydrogens is 204 g/mol. The minimum Gasteiger partial charge on any atom is -0.292 e. The van der Waals surface area contributed by atoms with Crippen molar-refractivity contribution in [1.29, 1.82) is 0 Å². The van der Waals surface area contributed by atoms with Gasteiger partial charge in [0, 0.05) is 0 Å². The van der Waals surface area contributed by atoms with Gasteiger partial charge in [-0.1, -0.05) is 25.5 Å². The predicted molar refractivity (Wildman–Crippen MR) is 61.5 cm³/mol. The Labute approximate surface area is 96.3 Å². The summed E-state index contributed by atoms with van der Waals surface area (Å²) in [5.41, 5.74) is 1.72. The molecule has 0 amide bonds. The highest BCUT2D eigenvalue weighted by atomic mass is 17.2. The fraction of sp³-hybridized carbons (Fsp3) is 0.385. The van der Waals surface area contributed by atoms with Crippen molar-refractivity contribution >= 4 is 5.97 Å². The topological polar surface area (TPSA) is 35.5 Å². The van der Waals surface area contributed by atoms with Crippen LogP contribution in [0.4, 0.5) is 0 Å². The molecule has 0 spiro atoms. The van der Waals surface area contributed by atoms with Crippen LogP contribution in [-0.4, -0.2) is 5.97 Å². The van der Waals surface area contributed by atoms with E-state index < -0.39 is 5.97 Å². The van der Waals surface area contributed by atoms with E-state index in [4.69, 9.17) is 4.89 Å². The van der Waals surface area contributed by atoms with Crippen molar-refractivity contribution < 1.29 is 14.6 Å². The number of hydrogen-bond acceptors (Lipinski definition) is 3. The summed E-state index contributed by atoms with van der Waals surface area (Å²) in [6.07, 6.45) is 2.71. The number of aryl methyl sites for hydroxylation is 1. The van der Waals surface area contributed by atoms with Crippen molar-refractivity contribution in [2.75, 3.05) is 0 Å². The molecule has 16 heavy (non-hydrogen) atoms. The molecule has 0 aliphatic heterocycles. The van der Waals surface area contributed by atoms with Gasteiger partial charge in [-0.05, 0) is 38.0 Å². The number of benzene rings is 1. The third kappa shape index (κ3) is 4.03. The van der Waals surface area contributed by atoms with Crippen LogP contribution in [0, 0.1) is 6.10 Å². The quantitative estimate of drug-likeness (QED) is 0.565. The minimum absolute atomic E-state index is 0.468. The van der Waals surface area contributed by atoms with E-state index >= 15 is 0 Å². The van der Waals surface area contributed by atoms with Crippen molar-refractivity contribution in [3.63, 3.8) is 0 Å². The molecule has 0 aromatic heterocycles. The molecule has 0 bridgehead atoms. The first-order valence-electron chi connectivity index (χ1n) is 5.41. The van der Waals surface area contributed by atoms with Crippen molar-refractivity contribution in [1.82, 2.24) is 0 Å². The van der Waals surface area contributed by atoms with Gasteiger partial charge in [0.25, 0.3) is 0 Å². The van der Waals surface area contributed by atoms with E-state index in [9.17, 15) is 4.79 Å². The summed E-state index contributed by atoms with van der Waals surface area (Å²) in [7, 11) is 0. The fourth-order valence-electron chi connectivity index (χ4n) is 1.27. The molecule has 0 fully saturated rings. The summed E-state index contributed by atoms with van der Waals surface area (Å²) in [6.45, 7) is 5.56. The second-order valence-corrected chi connectivity index (χ2v) is 3.81. The maximum absolute atomic E-state index is 11.5. The van der Waals surface area contributed by atoms with E-state index in [2.05, 4.69) is 11.8 Å². The Kier molecular flexibility index (Phi) is 4.99. The summed E-state index contributed by atoms with van der Waals surface area (Å²) in [6, 6.07) is 7.37. The fourth-order valence-corrected chi connectivity index (χ4v) is 1.27. The molecule has 0 unspecified atom stereocenters. The molecular formula is C13H17O3. The van der Waals surface area contributed by atoms with Gasteiger partial charge < -0.3 is 0 Å². The van der Waals surface area contributed by atoms with Crippen LogP contribution >= 0.6 is 0 Å². The van der Waals surface area contributed by atoms with Crippen LogP contribution in [0.15, 0.2) is 24.3 Å². The van der Waals surface area contributed by atoms with Gasteiger partial charge in [0.1, 0.15) is 6.10 Å². The van der Waals surface area contributed by atoms with Crippen molar-refractivity contribution in [3.05, 3.63) is 41.5 Å². The van der Waals surface area contributed by atoms with E-state index in [1.807, 2.05) is 12.1 Å². The third-order valence-corrected chi connectivity index (χ3v) is 2.01. The van der Waals surface area contributed by atoms with E-state index in [1.165, 1.54) is 5.56 Å². The zero-order valence-corrected chi connectivity index (χ0v) is 9.95. The van der Waals surface area contributed by atoms with E-state index in [0.29, 0.717) is 11.7 Å². The van der Waals surface area contributed by atoms with Crippen LogP contribution in [0.1, 0.15) is 43.1 Å². The van der Waals surface area contributed by atoms with Crippen LogP contribution in [0.2, 0.25) is 0 Å². The molecule has 87 valence electrons. The summed E-state index contributed by atoms with van der Waals surface area (Å²) < 4.78 is 0. The van der Waals surface area contributed by atoms with Crippen LogP contribution in [0.5, 0.6) is 0 Å². The van der Waals surface area contributed by atoms with Crippen molar-refractivity contribution in [3.8, 4) is 0 Å². The molecule has 1 aromatic carbocycles. The average molecular weight is 221 g/mol. The van der Waals surface area contributed by atoms with E-state index in [0.717, 1.165) is 12.8 Å². The van der Waals surface area contributed by atoms with Gasteiger partial charge in [-0.15, -0.1) is 0 Å². The second kappa shape index (κ2) is 6.28. The van der Waals surface area contributed by atoms with Gasteiger partial charge in [-0.25, -0.2) is 4.79 Å². The standard InChI is InChI=1S/C13H17O3/c1-4-5-11-6-8-12(9-7-11)13(14)16-15-10(2)3/h6-9H,4-5H2,1-3H3. The van der Waals surface area contributed by atoms with Crippen LogP contribution in [-0.2, 0) is 16.2 Å². The average Bonchev–Trinajstić information content (AvgIpc) is 2.27. The summed E-state index contributed by atoms with van der Waals surface area (Å²) in [5, 5.41) is 0. The molecule has 0 heterocycles. The van der Waals surface area contributed by atoms with Gasteiger partial charge in [0.2, 0.25) is 0 Å². The first-order valence-corrected chi connectivity index (χ1v) is 5.41. The van der Waals surface area contributed by atoms with Gasteiger partial charge in [-0.2, -0.15) is 4.89 Å². The molecule has 0 saturated carbocycles. The maximum Gasteiger partial charge on any atom is 0.373 e. The Hall–Kier alpha value is -1.35. The predicted octanol–water partition coefficient (Wildman–Crippen LogP) is 3.30. The smallest absolute Gasteiger partial charge is 0.292 e. The molecule has 0 aliphatic rings. The normalized spacial score (nSPS) is 10.5. The molecule has 1 radical (unpaired) electrons. The van der Waals surface area contributed by atoms with Crippen LogP contribution < -0.4 is 0 Å². The van der Waals surface area contributed by atoms with Gasteiger partial charge in [0.15, 0.2) is 0 Å². The largest absolute Gasteiger partial charge is 0.373 e. The lowest BCUT2D eigenvalue weighted by atomic mass is 10.1. The van der Waals surface area contributed by atoms with E-state index in [-0.39, 0.29) is 0 Å². The van der Waals surface area contributed by atoms with E-state index in [1.54, 1.807) is 26.0 Å². The third-order valence-electron chi connectivity index (χ3n) is 2.01. The number of rotatable bonds is 5. The highest BCUT2D eigenvalue weighted by Crippen LogP contribution is 2.09. The number of carbonyl (C=O) groups excluding carboxylic acids is 1. The Morgan fingerprint density at radius 3 is 2.25 bits per heavy atom. The summed E-state index contributed by atoms with van der Waals surface area (Å²) >= 11 is 0. The highest BCUT2D eigenvalue weighted by molar-refractivity contribution is 5.88. The SMILES string of the molecule is CCCc1ccc(C(=O)OO[C](C)C)cc1. The summed E-state index contributed by atoms with van der Waals surface area (Å²) in [4.78, 5) is 20.8. The molecule has 0 aliphatic carbocycles. The molecule has 3 nitrogen and oxygen atoms in total. The number of carbonyl (C=O) groups is 1. The van der Waals surface area contributed by atoms with Crippen molar-refractivity contribution in [2.45, 2.75) is 33.6 Å². The lowest BCUT2D eigenvalue weighted by Crippen LogP contribution is -2.07. The minimum atomic E-state index is -0.468.